The quantitative estimate of drug-likeness (QED) is 0.680. The summed E-state index contributed by atoms with van der Waals surface area (Å²) in [6, 6.07) is 14.5. The second-order valence-corrected chi connectivity index (χ2v) is 6.53. The summed E-state index contributed by atoms with van der Waals surface area (Å²) in [7, 11) is 3.65. The van der Waals surface area contributed by atoms with Crippen LogP contribution in [0.3, 0.4) is 0 Å². The third kappa shape index (κ3) is 4.08. The van der Waals surface area contributed by atoms with Gasteiger partial charge in [-0.1, -0.05) is 35.6 Å². The average Bonchev–Trinajstić information content (AvgIpc) is 3.06. The Bertz CT molecular complexity index is 787. The Kier molecular flexibility index (Phi) is 5.05. The van der Waals surface area contributed by atoms with Crippen molar-refractivity contribution in [3.05, 3.63) is 70.5 Å². The Morgan fingerprint density at radius 2 is 1.67 bits per heavy atom. The Hall–Kier alpha value is -2.47. The van der Waals surface area contributed by atoms with Crippen molar-refractivity contribution < 1.29 is 9.13 Å². The number of ether oxygens (including phenoxy) is 1. The second kappa shape index (κ2) is 7.40. The van der Waals surface area contributed by atoms with E-state index < -0.39 is 0 Å². The Balaban J connectivity index is 1.64. The zero-order chi connectivity index (χ0) is 16.9. The molecular formula is C18H18FN3OS. The molecule has 0 radical (unpaired) electrons. The van der Waals surface area contributed by atoms with Gasteiger partial charge in [0.2, 0.25) is 5.13 Å². The molecule has 6 heteroatoms. The number of anilines is 1. The Morgan fingerprint density at radius 3 is 2.33 bits per heavy atom. The lowest BCUT2D eigenvalue weighted by atomic mass is 10.2. The zero-order valence-corrected chi connectivity index (χ0v) is 14.4. The first-order valence-electron chi connectivity index (χ1n) is 7.55. The number of halogens is 1. The number of methoxy groups -OCH3 is 1. The molecule has 0 saturated heterocycles. The molecule has 3 aromatic rings. The van der Waals surface area contributed by atoms with Crippen molar-refractivity contribution in [1.82, 2.24) is 10.2 Å². The number of hydrogen-bond acceptors (Lipinski definition) is 5. The highest BCUT2D eigenvalue weighted by atomic mass is 32.1. The molecule has 124 valence electrons. The van der Waals surface area contributed by atoms with Gasteiger partial charge in [0.15, 0.2) is 0 Å². The van der Waals surface area contributed by atoms with Crippen LogP contribution in [0.25, 0.3) is 0 Å². The van der Waals surface area contributed by atoms with Crippen molar-refractivity contribution in [2.75, 3.05) is 19.1 Å². The van der Waals surface area contributed by atoms with Crippen LogP contribution in [0, 0.1) is 5.82 Å². The molecule has 0 atom stereocenters. The number of benzene rings is 2. The average molecular weight is 343 g/mol. The van der Waals surface area contributed by atoms with Crippen LogP contribution in [-0.2, 0) is 13.0 Å². The molecule has 24 heavy (non-hydrogen) atoms. The van der Waals surface area contributed by atoms with Gasteiger partial charge in [-0.05, 0) is 35.4 Å². The molecular weight excluding hydrogens is 325 g/mol. The Morgan fingerprint density at radius 1 is 1.00 bits per heavy atom. The highest BCUT2D eigenvalue weighted by Crippen LogP contribution is 2.23. The molecule has 0 aliphatic rings. The minimum Gasteiger partial charge on any atom is -0.497 e. The molecule has 0 bridgehead atoms. The van der Waals surface area contributed by atoms with Gasteiger partial charge in [-0.25, -0.2) is 4.39 Å². The van der Waals surface area contributed by atoms with E-state index in [0.29, 0.717) is 6.42 Å². The van der Waals surface area contributed by atoms with Crippen LogP contribution in [0.4, 0.5) is 9.52 Å². The number of hydrogen-bond donors (Lipinski definition) is 0. The lowest BCUT2D eigenvalue weighted by molar-refractivity contribution is 0.414. The number of aromatic nitrogens is 2. The van der Waals surface area contributed by atoms with E-state index in [1.54, 1.807) is 30.6 Å². The summed E-state index contributed by atoms with van der Waals surface area (Å²) in [5, 5.41) is 10.3. The van der Waals surface area contributed by atoms with E-state index >= 15 is 0 Å². The minimum atomic E-state index is -0.226. The van der Waals surface area contributed by atoms with E-state index in [0.717, 1.165) is 28.0 Å². The zero-order valence-electron chi connectivity index (χ0n) is 13.6. The van der Waals surface area contributed by atoms with Crippen LogP contribution in [0.1, 0.15) is 16.1 Å². The lowest BCUT2D eigenvalue weighted by Gasteiger charge is -2.15. The molecule has 4 nitrogen and oxygen atoms in total. The maximum Gasteiger partial charge on any atom is 0.208 e. The van der Waals surface area contributed by atoms with Crippen LogP contribution in [0.2, 0.25) is 0 Å². The van der Waals surface area contributed by atoms with Gasteiger partial charge in [-0.15, -0.1) is 10.2 Å². The van der Waals surface area contributed by atoms with E-state index in [2.05, 4.69) is 15.1 Å². The van der Waals surface area contributed by atoms with Gasteiger partial charge in [0.25, 0.3) is 0 Å². The highest BCUT2D eigenvalue weighted by molar-refractivity contribution is 7.15. The molecule has 0 spiro atoms. The third-order valence-corrected chi connectivity index (χ3v) is 4.67. The number of nitrogens with zero attached hydrogens (tertiary/aromatic N) is 3. The standard InChI is InChI=1S/C18H18FN3OS/c1-22(12-14-5-9-16(23-2)10-6-14)18-21-20-17(24-18)11-13-3-7-15(19)8-4-13/h3-10H,11-12H2,1-2H3. The maximum atomic E-state index is 13.0. The lowest BCUT2D eigenvalue weighted by Crippen LogP contribution is -2.15. The van der Waals surface area contributed by atoms with Gasteiger partial charge < -0.3 is 9.64 Å². The summed E-state index contributed by atoms with van der Waals surface area (Å²) in [6.45, 7) is 0.745. The van der Waals surface area contributed by atoms with E-state index in [-0.39, 0.29) is 5.82 Å². The van der Waals surface area contributed by atoms with Crippen LogP contribution >= 0.6 is 11.3 Å². The molecule has 0 aliphatic carbocycles. The molecule has 0 aliphatic heterocycles. The van der Waals surface area contributed by atoms with Crippen LogP contribution in [0.15, 0.2) is 48.5 Å². The van der Waals surface area contributed by atoms with Crippen molar-refractivity contribution >= 4 is 16.5 Å². The Labute approximate surface area is 144 Å². The molecule has 0 fully saturated rings. The predicted octanol–water partition coefficient (Wildman–Crippen LogP) is 3.91. The van der Waals surface area contributed by atoms with Crippen LogP contribution in [-0.4, -0.2) is 24.4 Å². The monoisotopic (exact) mass is 343 g/mol. The van der Waals surface area contributed by atoms with E-state index in [4.69, 9.17) is 4.74 Å². The first-order chi connectivity index (χ1) is 11.6. The first-order valence-corrected chi connectivity index (χ1v) is 8.36. The van der Waals surface area contributed by atoms with E-state index in [1.807, 2.05) is 31.3 Å². The number of rotatable bonds is 6. The smallest absolute Gasteiger partial charge is 0.208 e. The molecule has 1 heterocycles. The van der Waals surface area contributed by atoms with Crippen LogP contribution < -0.4 is 9.64 Å². The SMILES string of the molecule is COc1ccc(CN(C)c2nnc(Cc3ccc(F)cc3)s2)cc1. The summed E-state index contributed by atoms with van der Waals surface area (Å²) < 4.78 is 18.1. The predicted molar refractivity (Wildman–Crippen MR) is 94.2 cm³/mol. The van der Waals surface area contributed by atoms with E-state index in [9.17, 15) is 4.39 Å². The minimum absolute atomic E-state index is 0.226. The van der Waals surface area contributed by atoms with Crippen molar-refractivity contribution in [3.63, 3.8) is 0 Å². The molecule has 2 aromatic carbocycles. The summed E-state index contributed by atoms with van der Waals surface area (Å²) in [5.41, 5.74) is 2.20. The summed E-state index contributed by atoms with van der Waals surface area (Å²) in [6.07, 6.45) is 0.661. The van der Waals surface area contributed by atoms with Gasteiger partial charge in [-0.3, -0.25) is 0 Å². The highest BCUT2D eigenvalue weighted by Gasteiger charge is 2.10. The van der Waals surface area contributed by atoms with Crippen molar-refractivity contribution in [2.45, 2.75) is 13.0 Å². The fraction of sp³-hybridized carbons (Fsp3) is 0.222. The second-order valence-electron chi connectivity index (χ2n) is 5.49. The van der Waals surface area contributed by atoms with Gasteiger partial charge in [0.05, 0.1) is 7.11 Å². The summed E-state index contributed by atoms with van der Waals surface area (Å²) in [5.74, 6) is 0.620. The van der Waals surface area contributed by atoms with Crippen molar-refractivity contribution in [1.29, 1.82) is 0 Å². The van der Waals surface area contributed by atoms with Gasteiger partial charge in [0.1, 0.15) is 16.6 Å². The van der Waals surface area contributed by atoms with Gasteiger partial charge in [0, 0.05) is 20.0 Å². The summed E-state index contributed by atoms with van der Waals surface area (Å²) >= 11 is 1.55. The largest absolute Gasteiger partial charge is 0.497 e. The molecule has 0 N–H and O–H groups in total. The van der Waals surface area contributed by atoms with Gasteiger partial charge in [-0.2, -0.15) is 0 Å². The van der Waals surface area contributed by atoms with E-state index in [1.165, 1.54) is 17.7 Å². The first kappa shape index (κ1) is 16.4. The topological polar surface area (TPSA) is 38.2 Å². The fourth-order valence-corrected chi connectivity index (χ4v) is 3.15. The fourth-order valence-electron chi connectivity index (χ4n) is 2.32. The van der Waals surface area contributed by atoms with Crippen LogP contribution in [0.5, 0.6) is 5.75 Å². The molecule has 0 amide bonds. The molecule has 0 unspecified atom stereocenters. The maximum absolute atomic E-state index is 13.0. The van der Waals surface area contributed by atoms with Gasteiger partial charge >= 0.3 is 0 Å². The van der Waals surface area contributed by atoms with Crippen molar-refractivity contribution in [2.24, 2.45) is 0 Å². The molecule has 0 saturated carbocycles. The molecule has 3 rings (SSSR count). The van der Waals surface area contributed by atoms with Crippen molar-refractivity contribution in [3.8, 4) is 5.75 Å². The summed E-state index contributed by atoms with van der Waals surface area (Å²) in [4.78, 5) is 2.06. The third-order valence-electron chi connectivity index (χ3n) is 3.63. The molecule has 1 aromatic heterocycles. The normalized spacial score (nSPS) is 10.6.